The second kappa shape index (κ2) is 6.71. The molecule has 0 saturated heterocycles. The number of β-amino-alcohol motifs (C(OH)–C–C–N with tert-alkyl or cyclic N) is 1. The van der Waals surface area contributed by atoms with Crippen molar-refractivity contribution in [3.05, 3.63) is 29.3 Å². The average molecular weight is 319 g/mol. The summed E-state index contributed by atoms with van der Waals surface area (Å²) in [5.74, 6) is -0.181. The Morgan fingerprint density at radius 3 is 2.43 bits per heavy atom. The van der Waals surface area contributed by atoms with Crippen molar-refractivity contribution >= 4 is 10.4 Å². The number of rotatable bonds is 6. The molecule has 0 saturated carbocycles. The molecular formula is C13H21NO6S. The lowest BCUT2D eigenvalue weighted by Gasteiger charge is -2.23. The zero-order chi connectivity index (χ0) is 16.3. The molecule has 0 radical (unpaired) electrons. The highest BCUT2D eigenvalue weighted by atomic mass is 32.3. The van der Waals surface area contributed by atoms with Crippen LogP contribution in [-0.4, -0.2) is 35.3 Å². The largest absolute Gasteiger partial charge is 0.446 e. The van der Waals surface area contributed by atoms with Crippen molar-refractivity contribution in [2.75, 3.05) is 6.54 Å². The molecule has 0 aliphatic carbocycles. The minimum atomic E-state index is -4.66. The number of aliphatic hydroxyl groups is 2. The van der Waals surface area contributed by atoms with Gasteiger partial charge >= 0.3 is 10.4 Å². The van der Waals surface area contributed by atoms with Crippen LogP contribution in [0, 0.1) is 0 Å². The maximum atomic E-state index is 10.7. The Morgan fingerprint density at radius 2 is 1.95 bits per heavy atom. The molecule has 21 heavy (non-hydrogen) atoms. The molecule has 120 valence electrons. The zero-order valence-corrected chi connectivity index (χ0v) is 13.0. The topological polar surface area (TPSA) is 116 Å². The summed E-state index contributed by atoms with van der Waals surface area (Å²) in [6.45, 7) is 5.69. The summed E-state index contributed by atoms with van der Waals surface area (Å²) in [6, 6.07) is 4.17. The molecule has 1 aromatic rings. The van der Waals surface area contributed by atoms with Gasteiger partial charge in [-0.1, -0.05) is 6.07 Å². The smallest absolute Gasteiger partial charge is 0.392 e. The summed E-state index contributed by atoms with van der Waals surface area (Å²) in [5.41, 5.74) is 0.493. The van der Waals surface area contributed by atoms with Gasteiger partial charge in [-0.3, -0.25) is 4.55 Å². The first-order valence-electron chi connectivity index (χ1n) is 6.35. The van der Waals surface area contributed by atoms with Crippen LogP contribution in [0.3, 0.4) is 0 Å². The Labute approximate surface area is 124 Å². The Morgan fingerprint density at radius 1 is 1.33 bits per heavy atom. The predicted octanol–water partition coefficient (Wildman–Crippen LogP) is 0.782. The van der Waals surface area contributed by atoms with Gasteiger partial charge in [-0.15, -0.1) is 0 Å². The molecule has 0 aliphatic heterocycles. The van der Waals surface area contributed by atoms with Gasteiger partial charge in [-0.05, 0) is 38.5 Å². The maximum absolute atomic E-state index is 10.7. The van der Waals surface area contributed by atoms with Crippen molar-refractivity contribution in [3.8, 4) is 5.75 Å². The second-order valence-corrected chi connectivity index (χ2v) is 6.71. The van der Waals surface area contributed by atoms with E-state index in [1.807, 2.05) is 20.8 Å². The highest BCUT2D eigenvalue weighted by Gasteiger charge is 2.17. The van der Waals surface area contributed by atoms with Crippen molar-refractivity contribution in [1.82, 2.24) is 5.32 Å². The molecule has 0 aliphatic rings. The Kier molecular flexibility index (Phi) is 5.71. The van der Waals surface area contributed by atoms with Gasteiger partial charge in [-0.25, -0.2) is 0 Å². The van der Waals surface area contributed by atoms with Gasteiger partial charge in [0.25, 0.3) is 0 Å². The molecule has 8 heteroatoms. The molecule has 1 rings (SSSR count). The van der Waals surface area contributed by atoms with Crippen LogP contribution in [0.4, 0.5) is 0 Å². The van der Waals surface area contributed by atoms with Crippen LogP contribution in [0.1, 0.15) is 38.0 Å². The predicted molar refractivity (Wildman–Crippen MR) is 77.3 cm³/mol. The highest BCUT2D eigenvalue weighted by molar-refractivity contribution is 7.81. The molecule has 0 amide bonds. The lowest BCUT2D eigenvalue weighted by molar-refractivity contribution is 0.163. The van der Waals surface area contributed by atoms with Gasteiger partial charge in [-0.2, -0.15) is 8.42 Å². The lowest BCUT2D eigenvalue weighted by atomic mass is 10.0. The minimum absolute atomic E-state index is 0.153. The first-order chi connectivity index (χ1) is 9.52. The van der Waals surface area contributed by atoms with Crippen molar-refractivity contribution < 1.29 is 27.4 Å². The van der Waals surface area contributed by atoms with Crippen molar-refractivity contribution in [3.63, 3.8) is 0 Å². The fourth-order valence-electron chi connectivity index (χ4n) is 1.65. The summed E-state index contributed by atoms with van der Waals surface area (Å²) >= 11 is 0. The fraction of sp³-hybridized carbons (Fsp3) is 0.538. The van der Waals surface area contributed by atoms with E-state index in [1.54, 1.807) is 0 Å². The van der Waals surface area contributed by atoms with Gasteiger partial charge in [0.05, 0.1) is 12.7 Å². The molecular weight excluding hydrogens is 298 g/mol. The van der Waals surface area contributed by atoms with E-state index in [-0.39, 0.29) is 16.9 Å². The molecule has 4 N–H and O–H groups in total. The SMILES string of the molecule is CC(C)(C)NCC(O)c1ccc(OS(=O)(=O)O)c(CO)c1. The normalized spacial score (nSPS) is 14.0. The lowest BCUT2D eigenvalue weighted by Crippen LogP contribution is -2.38. The Balaban J connectivity index is 2.91. The first-order valence-corrected chi connectivity index (χ1v) is 7.72. The zero-order valence-electron chi connectivity index (χ0n) is 12.2. The van der Waals surface area contributed by atoms with Crippen LogP contribution in [0.25, 0.3) is 0 Å². The maximum Gasteiger partial charge on any atom is 0.446 e. The van der Waals surface area contributed by atoms with Gasteiger partial charge in [0.15, 0.2) is 5.75 Å². The van der Waals surface area contributed by atoms with Crippen LogP contribution in [0.5, 0.6) is 5.75 Å². The molecule has 0 spiro atoms. The molecule has 0 heterocycles. The van der Waals surface area contributed by atoms with Crippen LogP contribution < -0.4 is 9.50 Å². The van der Waals surface area contributed by atoms with Gasteiger partial charge in [0.2, 0.25) is 0 Å². The number of nitrogens with one attached hydrogen (secondary N) is 1. The van der Waals surface area contributed by atoms with Crippen LogP contribution in [0.2, 0.25) is 0 Å². The van der Waals surface area contributed by atoms with Crippen molar-refractivity contribution in [1.29, 1.82) is 0 Å². The molecule has 0 aromatic heterocycles. The fourth-order valence-corrected chi connectivity index (χ4v) is 2.04. The molecule has 7 nitrogen and oxygen atoms in total. The average Bonchev–Trinajstić information content (AvgIpc) is 2.33. The van der Waals surface area contributed by atoms with E-state index in [0.29, 0.717) is 12.1 Å². The van der Waals surface area contributed by atoms with Crippen LogP contribution >= 0.6 is 0 Å². The summed E-state index contributed by atoms with van der Waals surface area (Å²) < 4.78 is 34.4. The third kappa shape index (κ3) is 6.40. The third-order valence-electron chi connectivity index (χ3n) is 2.66. The molecule has 1 unspecified atom stereocenters. The van der Waals surface area contributed by atoms with Gasteiger partial charge in [0.1, 0.15) is 0 Å². The van der Waals surface area contributed by atoms with E-state index in [1.165, 1.54) is 18.2 Å². The number of hydrogen-bond acceptors (Lipinski definition) is 6. The Bertz CT molecular complexity index is 579. The van der Waals surface area contributed by atoms with Gasteiger partial charge < -0.3 is 19.7 Å². The third-order valence-corrected chi connectivity index (χ3v) is 3.05. The Hall–Kier alpha value is -1.19. The van der Waals surface area contributed by atoms with E-state index in [0.717, 1.165) is 0 Å². The van der Waals surface area contributed by atoms with E-state index < -0.39 is 23.1 Å². The summed E-state index contributed by atoms with van der Waals surface area (Å²) in [7, 11) is -4.66. The number of hydrogen-bond donors (Lipinski definition) is 4. The summed E-state index contributed by atoms with van der Waals surface area (Å²) in [5, 5.41) is 22.4. The molecule has 0 bridgehead atoms. The second-order valence-electron chi connectivity index (χ2n) is 5.68. The van der Waals surface area contributed by atoms with Crippen molar-refractivity contribution in [2.45, 2.75) is 39.0 Å². The van der Waals surface area contributed by atoms with E-state index in [4.69, 9.17) is 4.55 Å². The molecule has 1 atom stereocenters. The molecule has 1 aromatic carbocycles. The summed E-state index contributed by atoms with van der Waals surface area (Å²) in [6.07, 6.45) is -0.825. The van der Waals surface area contributed by atoms with Gasteiger partial charge in [0, 0.05) is 17.6 Å². The van der Waals surface area contributed by atoms with Crippen LogP contribution in [0.15, 0.2) is 18.2 Å². The van der Waals surface area contributed by atoms with E-state index in [2.05, 4.69) is 9.50 Å². The monoisotopic (exact) mass is 319 g/mol. The standard InChI is InChI=1S/C13H21NO6S/c1-13(2,3)14-7-11(16)9-4-5-12(10(6-9)8-15)20-21(17,18)19/h4-6,11,14-16H,7-8H2,1-3H3,(H,17,18,19). The summed E-state index contributed by atoms with van der Waals surface area (Å²) in [4.78, 5) is 0. The number of aliphatic hydroxyl groups excluding tert-OH is 2. The van der Waals surface area contributed by atoms with E-state index in [9.17, 15) is 18.6 Å². The van der Waals surface area contributed by atoms with Crippen LogP contribution in [-0.2, 0) is 17.0 Å². The quantitative estimate of drug-likeness (QED) is 0.573. The first kappa shape index (κ1) is 17.9. The van der Waals surface area contributed by atoms with E-state index >= 15 is 0 Å². The molecule has 0 fully saturated rings. The van der Waals surface area contributed by atoms with Crippen molar-refractivity contribution in [2.24, 2.45) is 0 Å². The number of benzene rings is 1. The minimum Gasteiger partial charge on any atom is -0.392 e. The highest BCUT2D eigenvalue weighted by Crippen LogP contribution is 2.25.